The van der Waals surface area contributed by atoms with Crippen molar-refractivity contribution in [2.75, 3.05) is 52.4 Å². The number of benzene rings is 1. The van der Waals surface area contributed by atoms with Crippen LogP contribution in [-0.4, -0.2) is 95.7 Å². The summed E-state index contributed by atoms with van der Waals surface area (Å²) in [4.78, 5) is 46.3. The topological polar surface area (TPSA) is 64.2 Å². The third kappa shape index (κ3) is 5.15. The molecule has 3 aliphatic heterocycles. The van der Waals surface area contributed by atoms with Crippen LogP contribution in [0.1, 0.15) is 44.6 Å². The third-order valence-electron chi connectivity index (χ3n) is 8.66. The van der Waals surface area contributed by atoms with Gasteiger partial charge in [-0.1, -0.05) is 42.5 Å². The Bertz CT molecular complexity index is 962. The van der Waals surface area contributed by atoms with E-state index in [2.05, 4.69) is 34.1 Å². The van der Waals surface area contributed by atoms with E-state index >= 15 is 0 Å². The van der Waals surface area contributed by atoms with Gasteiger partial charge in [-0.2, -0.15) is 0 Å². The molecule has 4 fully saturated rings. The molecular weight excluding hydrogens is 440 g/mol. The molecule has 1 aromatic carbocycles. The second-order valence-electron chi connectivity index (χ2n) is 10.8. The maximum Gasteiger partial charge on any atom is 0.245 e. The molecular formula is C28H38N4O3. The van der Waals surface area contributed by atoms with E-state index in [4.69, 9.17) is 0 Å². The van der Waals surface area contributed by atoms with E-state index in [1.807, 2.05) is 23.1 Å². The molecule has 3 saturated heterocycles. The lowest BCUT2D eigenvalue weighted by molar-refractivity contribution is -0.144. The maximum absolute atomic E-state index is 13.3. The highest BCUT2D eigenvalue weighted by Crippen LogP contribution is 2.60. The average molecular weight is 479 g/mol. The molecule has 4 aliphatic rings. The lowest BCUT2D eigenvalue weighted by atomic mass is 9.90. The first-order valence-electron chi connectivity index (χ1n) is 13.3. The molecule has 0 N–H and O–H groups in total. The van der Waals surface area contributed by atoms with Crippen LogP contribution >= 0.6 is 0 Å². The van der Waals surface area contributed by atoms with E-state index in [0.717, 1.165) is 64.8 Å². The Morgan fingerprint density at radius 1 is 0.914 bits per heavy atom. The van der Waals surface area contributed by atoms with Gasteiger partial charge in [0.15, 0.2) is 0 Å². The van der Waals surface area contributed by atoms with Crippen LogP contribution in [0.3, 0.4) is 0 Å². The molecule has 7 nitrogen and oxygen atoms in total. The standard InChI is InChI=1S/C28H38N4O3/c1-22(33)32-14-6-10-25(32)27(35)30-15-11-28(12-16-30)21-24(28)26(34)31-19-17-29(18-20-31)13-5-9-23-7-3-2-4-8-23/h2-5,7-9,24-25H,6,10-21H2,1H3/b9-5+/t24?,25-/m0/s1. The lowest BCUT2D eigenvalue weighted by Gasteiger charge is -2.37. The van der Waals surface area contributed by atoms with E-state index in [1.54, 1.807) is 11.8 Å². The fourth-order valence-corrected chi connectivity index (χ4v) is 6.31. The fourth-order valence-electron chi connectivity index (χ4n) is 6.31. The minimum absolute atomic E-state index is 0.00510. The quantitative estimate of drug-likeness (QED) is 0.652. The first-order chi connectivity index (χ1) is 17.0. The van der Waals surface area contributed by atoms with Gasteiger partial charge in [-0.15, -0.1) is 0 Å². The molecule has 0 radical (unpaired) electrons. The largest absolute Gasteiger partial charge is 0.341 e. The molecule has 1 aromatic rings. The molecule has 1 saturated carbocycles. The first-order valence-corrected chi connectivity index (χ1v) is 13.3. The van der Waals surface area contributed by atoms with Gasteiger partial charge in [0, 0.05) is 65.2 Å². The molecule has 35 heavy (non-hydrogen) atoms. The van der Waals surface area contributed by atoms with Gasteiger partial charge < -0.3 is 14.7 Å². The number of hydrogen-bond acceptors (Lipinski definition) is 4. The van der Waals surface area contributed by atoms with Crippen LogP contribution in [0, 0.1) is 11.3 Å². The number of amides is 3. The number of likely N-dealkylation sites (tertiary alicyclic amines) is 2. The summed E-state index contributed by atoms with van der Waals surface area (Å²) in [5.74, 6) is 0.551. The van der Waals surface area contributed by atoms with Crippen molar-refractivity contribution in [3.05, 3.63) is 42.0 Å². The molecule has 0 aromatic heterocycles. The van der Waals surface area contributed by atoms with Crippen LogP contribution < -0.4 is 0 Å². The summed E-state index contributed by atoms with van der Waals surface area (Å²) in [7, 11) is 0. The second-order valence-corrected chi connectivity index (χ2v) is 10.8. The van der Waals surface area contributed by atoms with Crippen LogP contribution in [-0.2, 0) is 14.4 Å². The number of rotatable bonds is 5. The minimum Gasteiger partial charge on any atom is -0.341 e. The zero-order valence-corrected chi connectivity index (χ0v) is 20.9. The Labute approximate surface area is 208 Å². The first kappa shape index (κ1) is 24.0. The highest BCUT2D eigenvalue weighted by Gasteiger charge is 2.59. The molecule has 1 aliphatic carbocycles. The maximum atomic E-state index is 13.3. The summed E-state index contributed by atoms with van der Waals surface area (Å²) in [6.07, 6.45) is 8.83. The zero-order chi connectivity index (χ0) is 24.4. The van der Waals surface area contributed by atoms with Crippen molar-refractivity contribution in [2.24, 2.45) is 11.3 Å². The van der Waals surface area contributed by atoms with E-state index in [1.165, 1.54) is 5.56 Å². The van der Waals surface area contributed by atoms with Crippen molar-refractivity contribution in [3.8, 4) is 0 Å². The molecule has 3 heterocycles. The average Bonchev–Trinajstić information content (AvgIpc) is 3.33. The van der Waals surface area contributed by atoms with Crippen molar-refractivity contribution in [3.63, 3.8) is 0 Å². The highest BCUT2D eigenvalue weighted by atomic mass is 16.2. The number of piperazine rings is 1. The molecule has 188 valence electrons. The van der Waals surface area contributed by atoms with Crippen molar-refractivity contribution in [1.82, 2.24) is 19.6 Å². The molecule has 7 heteroatoms. The molecule has 3 amide bonds. The summed E-state index contributed by atoms with van der Waals surface area (Å²) < 4.78 is 0. The summed E-state index contributed by atoms with van der Waals surface area (Å²) in [6, 6.07) is 10.1. The Kier molecular flexibility index (Phi) is 6.96. The Hall–Kier alpha value is -2.67. The van der Waals surface area contributed by atoms with Crippen LogP contribution in [0.25, 0.3) is 6.08 Å². The Morgan fingerprint density at radius 2 is 1.60 bits per heavy atom. The zero-order valence-electron chi connectivity index (χ0n) is 20.9. The van der Waals surface area contributed by atoms with Gasteiger partial charge in [-0.25, -0.2) is 0 Å². The van der Waals surface area contributed by atoms with Crippen molar-refractivity contribution >= 4 is 23.8 Å². The highest BCUT2D eigenvalue weighted by molar-refractivity contribution is 5.88. The van der Waals surface area contributed by atoms with Crippen molar-refractivity contribution in [2.45, 2.75) is 45.1 Å². The van der Waals surface area contributed by atoms with Gasteiger partial charge in [0.1, 0.15) is 6.04 Å². The summed E-state index contributed by atoms with van der Waals surface area (Å²) in [6.45, 7) is 8.03. The van der Waals surface area contributed by atoms with Crippen molar-refractivity contribution < 1.29 is 14.4 Å². The normalized spacial score (nSPS) is 26.5. The number of hydrogen-bond donors (Lipinski definition) is 0. The van der Waals surface area contributed by atoms with Gasteiger partial charge >= 0.3 is 0 Å². The Morgan fingerprint density at radius 3 is 2.29 bits per heavy atom. The SMILES string of the molecule is CC(=O)N1CCC[C@H]1C(=O)N1CCC2(CC1)CC2C(=O)N1CCN(C/C=C/c2ccccc2)CC1. The minimum atomic E-state index is -0.281. The molecule has 1 spiro atoms. The number of nitrogens with zero attached hydrogens (tertiary/aromatic N) is 4. The molecule has 1 unspecified atom stereocenters. The monoisotopic (exact) mass is 478 g/mol. The van der Waals surface area contributed by atoms with Gasteiger partial charge in [0.2, 0.25) is 17.7 Å². The van der Waals surface area contributed by atoms with Gasteiger partial charge in [-0.3, -0.25) is 19.3 Å². The van der Waals surface area contributed by atoms with Crippen LogP contribution in [0.15, 0.2) is 36.4 Å². The van der Waals surface area contributed by atoms with Gasteiger partial charge in [0.25, 0.3) is 0 Å². The number of carbonyl (C=O) groups is 3. The van der Waals surface area contributed by atoms with E-state index in [-0.39, 0.29) is 29.2 Å². The molecule has 0 bridgehead atoms. The lowest BCUT2D eigenvalue weighted by Crippen LogP contribution is -2.51. The molecule has 5 rings (SSSR count). The summed E-state index contributed by atoms with van der Waals surface area (Å²) in [5, 5.41) is 0. The fraction of sp³-hybridized carbons (Fsp3) is 0.607. The van der Waals surface area contributed by atoms with E-state index in [9.17, 15) is 14.4 Å². The van der Waals surface area contributed by atoms with Gasteiger partial charge in [-0.05, 0) is 43.1 Å². The summed E-state index contributed by atoms with van der Waals surface area (Å²) >= 11 is 0. The van der Waals surface area contributed by atoms with E-state index in [0.29, 0.717) is 25.5 Å². The van der Waals surface area contributed by atoms with Crippen LogP contribution in [0.2, 0.25) is 0 Å². The third-order valence-corrected chi connectivity index (χ3v) is 8.66. The smallest absolute Gasteiger partial charge is 0.245 e. The van der Waals surface area contributed by atoms with Crippen molar-refractivity contribution in [1.29, 1.82) is 0 Å². The molecule has 2 atom stereocenters. The second kappa shape index (κ2) is 10.1. The number of piperidine rings is 1. The predicted molar refractivity (Wildman–Crippen MR) is 135 cm³/mol. The summed E-state index contributed by atoms with van der Waals surface area (Å²) in [5.41, 5.74) is 1.31. The number of carbonyl (C=O) groups excluding carboxylic acids is 3. The Balaban J connectivity index is 1.06. The van der Waals surface area contributed by atoms with Gasteiger partial charge in [0.05, 0.1) is 0 Å². The van der Waals surface area contributed by atoms with E-state index < -0.39 is 0 Å². The van der Waals surface area contributed by atoms with Crippen LogP contribution in [0.4, 0.5) is 0 Å². The van der Waals surface area contributed by atoms with Crippen LogP contribution in [0.5, 0.6) is 0 Å². The predicted octanol–water partition coefficient (Wildman–Crippen LogP) is 2.48.